The highest BCUT2D eigenvalue weighted by atomic mass is 16.5. The van der Waals surface area contributed by atoms with Gasteiger partial charge in [-0.2, -0.15) is 5.10 Å². The fourth-order valence-electron chi connectivity index (χ4n) is 2.98. The lowest BCUT2D eigenvalue weighted by atomic mass is 10.1. The Bertz CT molecular complexity index is 965. The lowest BCUT2D eigenvalue weighted by Crippen LogP contribution is -2.27. The Morgan fingerprint density at radius 3 is 2.56 bits per heavy atom. The van der Waals surface area contributed by atoms with Crippen LogP contribution in [0.15, 0.2) is 36.7 Å². The molecule has 0 fully saturated rings. The molecule has 1 aromatic carbocycles. The maximum atomic E-state index is 12.7. The molecule has 0 aliphatic rings. The fourth-order valence-corrected chi connectivity index (χ4v) is 2.98. The third-order valence-electron chi connectivity index (χ3n) is 4.44. The number of rotatable bonds is 6. The van der Waals surface area contributed by atoms with Crippen molar-refractivity contribution in [2.75, 3.05) is 14.2 Å². The first-order chi connectivity index (χ1) is 12.9. The van der Waals surface area contributed by atoms with E-state index in [-0.39, 0.29) is 18.0 Å². The van der Waals surface area contributed by atoms with Gasteiger partial charge >= 0.3 is 0 Å². The molecular weight excluding hydrogens is 344 g/mol. The number of nitrogens with zero attached hydrogens (tertiary/aromatic N) is 3. The quantitative estimate of drug-likeness (QED) is 0.720. The van der Waals surface area contributed by atoms with Crippen molar-refractivity contribution >= 4 is 16.9 Å². The summed E-state index contributed by atoms with van der Waals surface area (Å²) < 4.78 is 12.5. The number of pyridine rings is 1. The lowest BCUT2D eigenvalue weighted by Gasteiger charge is -2.18. The predicted molar refractivity (Wildman–Crippen MR) is 103 cm³/mol. The molecule has 0 bridgehead atoms. The summed E-state index contributed by atoms with van der Waals surface area (Å²) >= 11 is 0. The number of carbonyl (C=O) groups excluding carboxylic acids is 1. The average Bonchev–Trinajstić information content (AvgIpc) is 3.10. The van der Waals surface area contributed by atoms with Crippen molar-refractivity contribution in [2.24, 2.45) is 0 Å². The second-order valence-corrected chi connectivity index (χ2v) is 6.62. The van der Waals surface area contributed by atoms with E-state index in [9.17, 15) is 4.79 Å². The maximum absolute atomic E-state index is 12.7. The number of hydrogen-bond donors (Lipinski definition) is 1. The molecule has 2 heterocycles. The molecule has 0 aliphatic heterocycles. The first-order valence-corrected chi connectivity index (χ1v) is 8.80. The van der Waals surface area contributed by atoms with E-state index in [2.05, 4.69) is 15.4 Å². The summed E-state index contributed by atoms with van der Waals surface area (Å²) in [5, 5.41) is 8.16. The van der Waals surface area contributed by atoms with E-state index in [1.165, 1.54) is 0 Å². The Hall–Kier alpha value is -3.09. The monoisotopic (exact) mass is 368 g/mol. The molecule has 0 saturated carbocycles. The van der Waals surface area contributed by atoms with Crippen molar-refractivity contribution in [3.63, 3.8) is 0 Å². The molecule has 1 N–H and O–H groups in total. The van der Waals surface area contributed by atoms with Crippen molar-refractivity contribution in [1.29, 1.82) is 0 Å². The number of hydrogen-bond acceptors (Lipinski definition) is 5. The molecule has 0 unspecified atom stereocenters. The van der Waals surface area contributed by atoms with E-state index in [0.29, 0.717) is 17.1 Å². The molecule has 3 aromatic rings. The van der Waals surface area contributed by atoms with Crippen molar-refractivity contribution in [2.45, 2.75) is 32.9 Å². The van der Waals surface area contributed by atoms with Gasteiger partial charge in [0.15, 0.2) is 5.65 Å². The normalized spacial score (nSPS) is 12.2. The number of benzene rings is 1. The number of fused-ring (bicyclic) bond motifs is 1. The topological polar surface area (TPSA) is 78.3 Å². The van der Waals surface area contributed by atoms with Crippen LogP contribution in [0.3, 0.4) is 0 Å². The molecule has 27 heavy (non-hydrogen) atoms. The van der Waals surface area contributed by atoms with Gasteiger partial charge in [-0.15, -0.1) is 0 Å². The van der Waals surface area contributed by atoms with Crippen LogP contribution in [-0.4, -0.2) is 34.9 Å². The zero-order chi connectivity index (χ0) is 19.6. The maximum Gasteiger partial charge on any atom is 0.253 e. The second kappa shape index (κ2) is 7.65. The summed E-state index contributed by atoms with van der Waals surface area (Å²) in [6.07, 6.45) is 3.31. The summed E-state index contributed by atoms with van der Waals surface area (Å²) in [6, 6.07) is 7.25. The van der Waals surface area contributed by atoms with Crippen LogP contribution in [0.5, 0.6) is 11.5 Å². The third kappa shape index (κ3) is 3.72. The fraction of sp³-hybridized carbons (Fsp3) is 0.350. The highest BCUT2D eigenvalue weighted by Crippen LogP contribution is 2.29. The zero-order valence-electron chi connectivity index (χ0n) is 16.2. The number of nitrogens with one attached hydrogen (secondary N) is 1. The molecular formula is C20H24N4O3. The summed E-state index contributed by atoms with van der Waals surface area (Å²) in [6.45, 7) is 5.98. The molecule has 1 amide bonds. The van der Waals surface area contributed by atoms with Crippen LogP contribution in [0.1, 0.15) is 48.8 Å². The van der Waals surface area contributed by atoms with E-state index in [4.69, 9.17) is 9.47 Å². The predicted octanol–water partition coefficient (Wildman–Crippen LogP) is 3.52. The molecule has 142 valence electrons. The van der Waals surface area contributed by atoms with Crippen molar-refractivity contribution in [3.05, 3.63) is 47.8 Å². The first-order valence-electron chi connectivity index (χ1n) is 8.80. The molecule has 2 aromatic heterocycles. The highest BCUT2D eigenvalue weighted by molar-refractivity contribution is 5.97. The van der Waals surface area contributed by atoms with Crippen molar-refractivity contribution < 1.29 is 14.3 Å². The Kier molecular flexibility index (Phi) is 5.30. The van der Waals surface area contributed by atoms with Gasteiger partial charge in [-0.05, 0) is 45.0 Å². The van der Waals surface area contributed by atoms with Gasteiger partial charge in [-0.1, -0.05) is 0 Å². The third-order valence-corrected chi connectivity index (χ3v) is 4.44. The number of methoxy groups -OCH3 is 2. The largest absolute Gasteiger partial charge is 0.497 e. The van der Waals surface area contributed by atoms with Crippen LogP contribution < -0.4 is 14.8 Å². The summed E-state index contributed by atoms with van der Waals surface area (Å²) in [5.41, 5.74) is 2.09. The molecule has 1 atom stereocenters. The molecule has 7 heteroatoms. The van der Waals surface area contributed by atoms with Crippen LogP contribution in [0, 0.1) is 0 Å². The minimum absolute atomic E-state index is 0.204. The summed E-state index contributed by atoms with van der Waals surface area (Å²) in [5.74, 6) is 1.19. The lowest BCUT2D eigenvalue weighted by molar-refractivity contribution is 0.0939. The van der Waals surface area contributed by atoms with Gasteiger partial charge in [-0.25, -0.2) is 9.67 Å². The number of aromatic nitrogens is 3. The Morgan fingerprint density at radius 2 is 1.89 bits per heavy atom. The Labute approximate surface area is 158 Å². The highest BCUT2D eigenvalue weighted by Gasteiger charge is 2.17. The van der Waals surface area contributed by atoms with Gasteiger partial charge in [0.05, 0.1) is 32.0 Å². The standard InChI is InChI=1S/C20H24N4O3/c1-12(2)24-19-14(11-22-24)8-15(10-21-19)20(25)23-13(3)17-9-16(26-4)6-7-18(17)27-5/h6-13H,1-5H3,(H,23,25)/t13-/m0/s1. The van der Waals surface area contributed by atoms with Crippen molar-refractivity contribution in [1.82, 2.24) is 20.1 Å². The minimum Gasteiger partial charge on any atom is -0.497 e. The number of carbonyl (C=O) groups is 1. The van der Waals surface area contributed by atoms with Gasteiger partial charge < -0.3 is 14.8 Å². The van der Waals surface area contributed by atoms with E-state index in [1.807, 2.05) is 43.7 Å². The van der Waals surface area contributed by atoms with E-state index >= 15 is 0 Å². The Morgan fingerprint density at radius 1 is 1.11 bits per heavy atom. The van der Waals surface area contributed by atoms with Crippen molar-refractivity contribution in [3.8, 4) is 11.5 Å². The van der Waals surface area contributed by atoms with Gasteiger partial charge in [0.2, 0.25) is 0 Å². The molecule has 0 aliphatic carbocycles. The molecule has 0 radical (unpaired) electrons. The number of amides is 1. The van der Waals surface area contributed by atoms with Gasteiger partial charge in [-0.3, -0.25) is 4.79 Å². The van der Waals surface area contributed by atoms with Crippen LogP contribution in [0.4, 0.5) is 0 Å². The van der Waals surface area contributed by atoms with E-state index in [1.54, 1.807) is 32.7 Å². The Balaban J connectivity index is 1.84. The molecule has 0 saturated heterocycles. The van der Waals surface area contributed by atoms with Gasteiger partial charge in [0, 0.05) is 23.2 Å². The van der Waals surface area contributed by atoms with Crippen LogP contribution in [0.2, 0.25) is 0 Å². The van der Waals surface area contributed by atoms with E-state index in [0.717, 1.165) is 16.6 Å². The van der Waals surface area contributed by atoms with Gasteiger partial charge in [0.1, 0.15) is 11.5 Å². The van der Waals surface area contributed by atoms with Crippen LogP contribution >= 0.6 is 0 Å². The molecule has 0 spiro atoms. The molecule has 7 nitrogen and oxygen atoms in total. The second-order valence-electron chi connectivity index (χ2n) is 6.62. The summed E-state index contributed by atoms with van der Waals surface area (Å²) in [4.78, 5) is 17.1. The van der Waals surface area contributed by atoms with Crippen LogP contribution in [-0.2, 0) is 0 Å². The number of ether oxygens (including phenoxy) is 2. The first kappa shape index (κ1) is 18.7. The summed E-state index contributed by atoms with van der Waals surface area (Å²) in [7, 11) is 3.21. The van der Waals surface area contributed by atoms with Gasteiger partial charge in [0.25, 0.3) is 5.91 Å². The smallest absolute Gasteiger partial charge is 0.253 e. The zero-order valence-corrected chi connectivity index (χ0v) is 16.2. The molecule has 3 rings (SSSR count). The minimum atomic E-state index is -0.267. The van der Waals surface area contributed by atoms with Crippen LogP contribution in [0.25, 0.3) is 11.0 Å². The average molecular weight is 368 g/mol. The van der Waals surface area contributed by atoms with E-state index < -0.39 is 0 Å². The SMILES string of the molecule is COc1ccc(OC)c([C@H](C)NC(=O)c2cnc3c(cnn3C(C)C)c2)c1.